The predicted molar refractivity (Wildman–Crippen MR) is 72.5 cm³/mol. The van der Waals surface area contributed by atoms with E-state index in [0.29, 0.717) is 13.2 Å². The topological polar surface area (TPSA) is 82.3 Å². The number of rotatable bonds is 2. The Balaban J connectivity index is 1.68. The van der Waals surface area contributed by atoms with Gasteiger partial charge < -0.3 is 19.1 Å². The van der Waals surface area contributed by atoms with E-state index in [4.69, 9.17) is 9.47 Å². The Kier molecular flexibility index (Phi) is 2.99. The molecule has 0 unspecified atom stereocenters. The predicted octanol–water partition coefficient (Wildman–Crippen LogP) is 0.348. The monoisotopic (exact) mass is 288 g/mol. The average Bonchev–Trinajstić information content (AvgIpc) is 3.17. The minimum Gasteiger partial charge on any atom is -0.388 e. The minimum atomic E-state index is -0.547. The number of imidazole rings is 1. The van der Waals surface area contributed by atoms with E-state index in [1.54, 1.807) is 18.6 Å². The number of hydrogen-bond donors (Lipinski definition) is 1. The molecule has 4 heterocycles. The van der Waals surface area contributed by atoms with Crippen molar-refractivity contribution in [2.45, 2.75) is 31.3 Å². The normalized spacial score (nSPS) is 31.5. The fraction of sp³-hybridized carbons (Fsp3) is 0.500. The number of ether oxygens (including phenoxy) is 2. The molecule has 2 aromatic rings. The van der Waals surface area contributed by atoms with Gasteiger partial charge in [-0.25, -0.2) is 15.0 Å². The van der Waals surface area contributed by atoms with Crippen LogP contribution in [0.2, 0.25) is 0 Å². The van der Waals surface area contributed by atoms with Crippen LogP contribution < -0.4 is 0 Å². The first kappa shape index (κ1) is 12.9. The summed E-state index contributed by atoms with van der Waals surface area (Å²) in [6.07, 6.45) is 6.24. The number of aryl methyl sites for hydroxylation is 1. The highest BCUT2D eigenvalue weighted by Crippen LogP contribution is 2.36. The van der Waals surface area contributed by atoms with Crippen LogP contribution in [-0.4, -0.2) is 56.2 Å². The molecule has 4 atom stereocenters. The van der Waals surface area contributed by atoms with Gasteiger partial charge in [0.25, 0.3) is 0 Å². The molecule has 0 bridgehead atoms. The number of fused-ring (bicyclic) bond motifs is 1. The molecule has 0 aliphatic carbocycles. The average molecular weight is 288 g/mol. The van der Waals surface area contributed by atoms with E-state index in [0.717, 1.165) is 17.2 Å². The third-order valence-corrected chi connectivity index (χ3v) is 4.07. The Morgan fingerprint density at radius 1 is 1.14 bits per heavy atom. The molecule has 1 N–H and O–H groups in total. The summed E-state index contributed by atoms with van der Waals surface area (Å²) in [5.41, 5.74) is 0.854. The van der Waals surface area contributed by atoms with Gasteiger partial charge in [0, 0.05) is 24.8 Å². The van der Waals surface area contributed by atoms with Crippen LogP contribution in [0.5, 0.6) is 0 Å². The van der Waals surface area contributed by atoms with Gasteiger partial charge in [0.15, 0.2) is 0 Å². The van der Waals surface area contributed by atoms with Crippen molar-refractivity contribution in [2.24, 2.45) is 0 Å². The van der Waals surface area contributed by atoms with Crippen LogP contribution in [0.25, 0.3) is 11.4 Å². The van der Waals surface area contributed by atoms with Crippen LogP contribution in [-0.2, 0) is 9.47 Å². The van der Waals surface area contributed by atoms with Crippen molar-refractivity contribution < 1.29 is 14.6 Å². The molecule has 110 valence electrons. The molecular formula is C14H16N4O3. The molecule has 0 spiro atoms. The highest BCUT2D eigenvalue weighted by Gasteiger charge is 2.48. The van der Waals surface area contributed by atoms with E-state index in [1.165, 1.54) is 0 Å². The molecule has 2 aromatic heterocycles. The van der Waals surface area contributed by atoms with Crippen molar-refractivity contribution in [3.63, 3.8) is 0 Å². The van der Waals surface area contributed by atoms with E-state index in [-0.39, 0.29) is 18.2 Å². The van der Waals surface area contributed by atoms with Crippen LogP contribution in [0.1, 0.15) is 11.9 Å². The van der Waals surface area contributed by atoms with Crippen LogP contribution in [0.4, 0.5) is 0 Å². The molecule has 7 heteroatoms. The summed E-state index contributed by atoms with van der Waals surface area (Å²) in [6, 6.07) is 0.00551. The highest BCUT2D eigenvalue weighted by atomic mass is 16.6. The van der Waals surface area contributed by atoms with Gasteiger partial charge in [-0.05, 0) is 6.92 Å². The third-order valence-electron chi connectivity index (χ3n) is 4.07. The molecule has 4 rings (SSSR count). The number of aliphatic hydroxyl groups is 1. The zero-order valence-electron chi connectivity index (χ0n) is 11.6. The lowest BCUT2D eigenvalue weighted by molar-refractivity contribution is 0.0172. The molecule has 2 fully saturated rings. The molecule has 21 heavy (non-hydrogen) atoms. The van der Waals surface area contributed by atoms with Crippen LogP contribution in [0.15, 0.2) is 24.8 Å². The van der Waals surface area contributed by atoms with Gasteiger partial charge in [-0.3, -0.25) is 0 Å². The highest BCUT2D eigenvalue weighted by molar-refractivity contribution is 5.52. The van der Waals surface area contributed by atoms with Gasteiger partial charge in [-0.2, -0.15) is 0 Å². The molecule has 2 aliphatic rings. The van der Waals surface area contributed by atoms with Crippen molar-refractivity contribution in [3.8, 4) is 11.4 Å². The van der Waals surface area contributed by atoms with Crippen molar-refractivity contribution in [2.75, 3.05) is 13.2 Å². The zero-order chi connectivity index (χ0) is 14.4. The zero-order valence-corrected chi connectivity index (χ0v) is 11.6. The summed E-state index contributed by atoms with van der Waals surface area (Å²) >= 11 is 0. The van der Waals surface area contributed by atoms with Crippen molar-refractivity contribution >= 4 is 0 Å². The lowest BCUT2D eigenvalue weighted by Gasteiger charge is -2.19. The van der Waals surface area contributed by atoms with E-state index in [2.05, 4.69) is 15.0 Å². The van der Waals surface area contributed by atoms with Crippen molar-refractivity contribution in [1.29, 1.82) is 0 Å². The summed E-state index contributed by atoms with van der Waals surface area (Å²) in [7, 11) is 0. The first-order valence-corrected chi connectivity index (χ1v) is 6.97. The second-order valence-electron chi connectivity index (χ2n) is 5.41. The molecule has 2 saturated heterocycles. The smallest absolute Gasteiger partial charge is 0.143 e. The van der Waals surface area contributed by atoms with Crippen molar-refractivity contribution in [3.05, 3.63) is 30.6 Å². The van der Waals surface area contributed by atoms with E-state index >= 15 is 0 Å². The summed E-state index contributed by atoms with van der Waals surface area (Å²) < 4.78 is 13.4. The second-order valence-corrected chi connectivity index (χ2v) is 5.41. The quantitative estimate of drug-likeness (QED) is 0.858. The molecule has 7 nitrogen and oxygen atoms in total. The molecule has 0 radical (unpaired) electrons. The Labute approximate surface area is 121 Å². The van der Waals surface area contributed by atoms with Crippen LogP contribution in [0.3, 0.4) is 0 Å². The second kappa shape index (κ2) is 4.87. The molecule has 2 aliphatic heterocycles. The first-order chi connectivity index (χ1) is 10.2. The van der Waals surface area contributed by atoms with Gasteiger partial charge in [-0.15, -0.1) is 0 Å². The third kappa shape index (κ3) is 2.05. The summed E-state index contributed by atoms with van der Waals surface area (Å²) in [4.78, 5) is 12.8. The standard InChI is InChI=1S/C14H16N4O3/c1-8-16-4-9(5-17-8)14-15-2-3-18(14)10-6-20-13-11(19)7-21-12(10)13/h2-5,10-13,19H,6-7H2,1H3/t10-,11-,12-,13-/m1/s1. The maximum atomic E-state index is 9.84. The summed E-state index contributed by atoms with van der Waals surface area (Å²) in [5, 5.41) is 9.84. The molecule has 0 saturated carbocycles. The lowest BCUT2D eigenvalue weighted by Crippen LogP contribution is -2.30. The molecule has 0 amide bonds. The van der Waals surface area contributed by atoms with Gasteiger partial charge in [0.2, 0.25) is 0 Å². The maximum Gasteiger partial charge on any atom is 0.143 e. The number of aliphatic hydroxyl groups excluding tert-OH is 1. The van der Waals surface area contributed by atoms with E-state index in [1.807, 2.05) is 17.7 Å². The Morgan fingerprint density at radius 2 is 1.90 bits per heavy atom. The first-order valence-electron chi connectivity index (χ1n) is 6.97. The largest absolute Gasteiger partial charge is 0.388 e. The Bertz CT molecular complexity index is 642. The summed E-state index contributed by atoms with van der Waals surface area (Å²) in [6.45, 7) is 2.67. The fourth-order valence-electron chi connectivity index (χ4n) is 3.01. The summed E-state index contributed by atoms with van der Waals surface area (Å²) in [5.74, 6) is 1.51. The fourth-order valence-corrected chi connectivity index (χ4v) is 3.01. The SMILES string of the molecule is Cc1ncc(-c2nccn2[C@@H]2CO[C@H]3[C@@H]2OC[C@H]3O)cn1. The van der Waals surface area contributed by atoms with Gasteiger partial charge in [-0.1, -0.05) is 0 Å². The van der Waals surface area contributed by atoms with Gasteiger partial charge in [0.05, 0.1) is 24.8 Å². The van der Waals surface area contributed by atoms with Crippen molar-refractivity contribution in [1.82, 2.24) is 19.5 Å². The number of aromatic nitrogens is 4. The van der Waals surface area contributed by atoms with E-state index < -0.39 is 6.10 Å². The van der Waals surface area contributed by atoms with Gasteiger partial charge in [0.1, 0.15) is 30.0 Å². The lowest BCUT2D eigenvalue weighted by atomic mass is 10.1. The molecule has 0 aromatic carbocycles. The van der Waals surface area contributed by atoms with Gasteiger partial charge >= 0.3 is 0 Å². The van der Waals surface area contributed by atoms with E-state index in [9.17, 15) is 5.11 Å². The number of nitrogens with zero attached hydrogens (tertiary/aromatic N) is 4. The molecular weight excluding hydrogens is 272 g/mol. The van der Waals surface area contributed by atoms with Crippen LogP contribution in [0, 0.1) is 6.92 Å². The maximum absolute atomic E-state index is 9.84. The minimum absolute atomic E-state index is 0.00551. The number of hydrogen-bond acceptors (Lipinski definition) is 6. The Morgan fingerprint density at radius 3 is 2.71 bits per heavy atom. The van der Waals surface area contributed by atoms with Crippen LogP contribution >= 0.6 is 0 Å². The Hall–Kier alpha value is -1.83.